The number of hydrogen-bond acceptors (Lipinski definition) is 3. The molecule has 1 fully saturated rings. The van der Waals surface area contributed by atoms with E-state index in [1.54, 1.807) is 12.4 Å². The maximum absolute atomic E-state index is 12.6. The number of pyridine rings is 1. The molecule has 0 bridgehead atoms. The normalized spacial score (nSPS) is 19.3. The van der Waals surface area contributed by atoms with E-state index in [2.05, 4.69) is 15.6 Å². The van der Waals surface area contributed by atoms with Crippen LogP contribution in [0.3, 0.4) is 0 Å². The van der Waals surface area contributed by atoms with Gasteiger partial charge < -0.3 is 10.6 Å². The predicted octanol–water partition coefficient (Wildman–Crippen LogP) is 3.76. The second kappa shape index (κ2) is 8.80. The SMILES string of the molecule is Cc1cccc(NC(=O)C2CCC(C(=O)NCc3cccnc3)CC2)c1C. The predicted molar refractivity (Wildman–Crippen MR) is 106 cm³/mol. The number of nitrogens with zero attached hydrogens (tertiary/aromatic N) is 1. The molecule has 0 unspecified atom stereocenters. The van der Waals surface area contributed by atoms with Crippen molar-refractivity contribution in [3.63, 3.8) is 0 Å². The summed E-state index contributed by atoms with van der Waals surface area (Å²) in [6, 6.07) is 9.75. The van der Waals surface area contributed by atoms with Crippen molar-refractivity contribution in [2.24, 2.45) is 11.8 Å². The van der Waals surface area contributed by atoms with Crippen LogP contribution in [0.5, 0.6) is 0 Å². The lowest BCUT2D eigenvalue weighted by Crippen LogP contribution is -2.35. The Morgan fingerprint density at radius 2 is 1.70 bits per heavy atom. The molecule has 1 aromatic heterocycles. The van der Waals surface area contributed by atoms with Crippen molar-refractivity contribution >= 4 is 17.5 Å². The fourth-order valence-electron chi connectivity index (χ4n) is 3.58. The quantitative estimate of drug-likeness (QED) is 0.847. The molecule has 2 N–H and O–H groups in total. The lowest BCUT2D eigenvalue weighted by molar-refractivity contribution is -0.128. The fraction of sp³-hybridized carbons (Fsp3) is 0.409. The van der Waals surface area contributed by atoms with Crippen LogP contribution in [0.15, 0.2) is 42.7 Å². The number of carbonyl (C=O) groups is 2. The third kappa shape index (κ3) is 4.94. The molecular formula is C22H27N3O2. The number of aromatic nitrogens is 1. The van der Waals surface area contributed by atoms with E-state index in [0.717, 1.165) is 42.5 Å². The van der Waals surface area contributed by atoms with Gasteiger partial charge in [-0.05, 0) is 68.4 Å². The van der Waals surface area contributed by atoms with Gasteiger partial charge in [-0.1, -0.05) is 18.2 Å². The van der Waals surface area contributed by atoms with Crippen molar-refractivity contribution in [3.8, 4) is 0 Å². The Labute approximate surface area is 160 Å². The van der Waals surface area contributed by atoms with E-state index in [1.165, 1.54) is 5.56 Å². The molecule has 142 valence electrons. The highest BCUT2D eigenvalue weighted by atomic mass is 16.2. The van der Waals surface area contributed by atoms with Gasteiger partial charge >= 0.3 is 0 Å². The van der Waals surface area contributed by atoms with Crippen LogP contribution in [0.2, 0.25) is 0 Å². The van der Waals surface area contributed by atoms with Gasteiger partial charge in [-0.25, -0.2) is 0 Å². The van der Waals surface area contributed by atoms with Crippen LogP contribution in [0.4, 0.5) is 5.69 Å². The first kappa shape index (κ1) is 19.1. The minimum atomic E-state index is -0.0210. The lowest BCUT2D eigenvalue weighted by atomic mass is 9.81. The van der Waals surface area contributed by atoms with Crippen molar-refractivity contribution in [1.82, 2.24) is 10.3 Å². The molecule has 2 amide bonds. The topological polar surface area (TPSA) is 71.1 Å². The minimum Gasteiger partial charge on any atom is -0.352 e. The summed E-state index contributed by atoms with van der Waals surface area (Å²) in [6.07, 6.45) is 6.49. The largest absolute Gasteiger partial charge is 0.352 e. The number of hydrogen-bond donors (Lipinski definition) is 2. The van der Waals surface area contributed by atoms with Crippen LogP contribution in [0.1, 0.15) is 42.4 Å². The Morgan fingerprint density at radius 3 is 2.37 bits per heavy atom. The highest BCUT2D eigenvalue weighted by Crippen LogP contribution is 2.30. The van der Waals surface area contributed by atoms with Gasteiger partial charge in [0, 0.05) is 36.5 Å². The number of benzene rings is 1. The van der Waals surface area contributed by atoms with Gasteiger partial charge in [0.2, 0.25) is 11.8 Å². The summed E-state index contributed by atoms with van der Waals surface area (Å²) in [6.45, 7) is 4.56. The van der Waals surface area contributed by atoms with Crippen LogP contribution < -0.4 is 10.6 Å². The summed E-state index contributed by atoms with van der Waals surface area (Å²) >= 11 is 0. The summed E-state index contributed by atoms with van der Waals surface area (Å²) < 4.78 is 0. The zero-order valence-electron chi connectivity index (χ0n) is 16.0. The number of nitrogens with one attached hydrogen (secondary N) is 2. The molecule has 3 rings (SSSR count). The van der Waals surface area contributed by atoms with Gasteiger partial charge in [0.05, 0.1) is 0 Å². The molecule has 1 aliphatic carbocycles. The van der Waals surface area contributed by atoms with E-state index < -0.39 is 0 Å². The molecule has 1 aromatic carbocycles. The van der Waals surface area contributed by atoms with Crippen molar-refractivity contribution in [2.45, 2.75) is 46.1 Å². The fourth-order valence-corrected chi connectivity index (χ4v) is 3.58. The smallest absolute Gasteiger partial charge is 0.227 e. The summed E-state index contributed by atoms with van der Waals surface area (Å²) in [7, 11) is 0. The zero-order valence-corrected chi connectivity index (χ0v) is 16.0. The monoisotopic (exact) mass is 365 g/mol. The third-order valence-electron chi connectivity index (χ3n) is 5.52. The summed E-state index contributed by atoms with van der Waals surface area (Å²) in [5.74, 6) is 0.115. The molecule has 5 nitrogen and oxygen atoms in total. The van der Waals surface area contributed by atoms with Crippen LogP contribution in [0.25, 0.3) is 0 Å². The molecule has 0 spiro atoms. The Morgan fingerprint density at radius 1 is 1.00 bits per heavy atom. The molecule has 27 heavy (non-hydrogen) atoms. The number of anilines is 1. The van der Waals surface area contributed by atoms with E-state index in [1.807, 2.05) is 44.2 Å². The summed E-state index contributed by atoms with van der Waals surface area (Å²) in [4.78, 5) is 29.0. The van der Waals surface area contributed by atoms with E-state index in [0.29, 0.717) is 6.54 Å². The number of amides is 2. The van der Waals surface area contributed by atoms with Gasteiger partial charge in [-0.3, -0.25) is 14.6 Å². The molecule has 0 atom stereocenters. The molecule has 0 radical (unpaired) electrons. The van der Waals surface area contributed by atoms with E-state index >= 15 is 0 Å². The first-order valence-electron chi connectivity index (χ1n) is 9.58. The van der Waals surface area contributed by atoms with E-state index in [4.69, 9.17) is 0 Å². The van der Waals surface area contributed by atoms with Crippen LogP contribution in [-0.4, -0.2) is 16.8 Å². The second-order valence-electron chi connectivity index (χ2n) is 7.36. The van der Waals surface area contributed by atoms with Crippen LogP contribution in [-0.2, 0) is 16.1 Å². The maximum Gasteiger partial charge on any atom is 0.227 e. The highest BCUT2D eigenvalue weighted by molar-refractivity contribution is 5.93. The molecule has 0 aliphatic heterocycles. The van der Waals surface area contributed by atoms with Crippen molar-refractivity contribution in [1.29, 1.82) is 0 Å². The summed E-state index contributed by atoms with van der Waals surface area (Å²) in [5.41, 5.74) is 4.15. The molecule has 1 heterocycles. The number of aryl methyl sites for hydroxylation is 1. The van der Waals surface area contributed by atoms with Crippen molar-refractivity contribution in [2.75, 3.05) is 5.32 Å². The Bertz CT molecular complexity index is 796. The molecule has 1 aliphatic rings. The Hall–Kier alpha value is -2.69. The summed E-state index contributed by atoms with van der Waals surface area (Å²) in [5, 5.41) is 6.05. The molecule has 2 aromatic rings. The van der Waals surface area contributed by atoms with Crippen molar-refractivity contribution < 1.29 is 9.59 Å². The second-order valence-corrected chi connectivity index (χ2v) is 7.36. The molecular weight excluding hydrogens is 338 g/mol. The van der Waals surface area contributed by atoms with Crippen LogP contribution in [0, 0.1) is 25.7 Å². The van der Waals surface area contributed by atoms with Crippen LogP contribution >= 0.6 is 0 Å². The zero-order chi connectivity index (χ0) is 19.2. The average molecular weight is 365 g/mol. The third-order valence-corrected chi connectivity index (χ3v) is 5.52. The van der Waals surface area contributed by atoms with Gasteiger partial charge in [-0.15, -0.1) is 0 Å². The molecule has 1 saturated carbocycles. The minimum absolute atomic E-state index is 0.00794. The first-order valence-corrected chi connectivity index (χ1v) is 9.58. The first-order chi connectivity index (χ1) is 13.0. The van der Waals surface area contributed by atoms with Gasteiger partial charge in [-0.2, -0.15) is 0 Å². The van der Waals surface area contributed by atoms with Gasteiger partial charge in [0.25, 0.3) is 0 Å². The Balaban J connectivity index is 1.47. The van der Waals surface area contributed by atoms with Gasteiger partial charge in [0.15, 0.2) is 0 Å². The highest BCUT2D eigenvalue weighted by Gasteiger charge is 2.30. The van der Waals surface area contributed by atoms with Gasteiger partial charge in [0.1, 0.15) is 0 Å². The Kier molecular flexibility index (Phi) is 6.22. The molecule has 0 saturated heterocycles. The number of rotatable bonds is 5. The van der Waals surface area contributed by atoms with E-state index in [9.17, 15) is 9.59 Å². The van der Waals surface area contributed by atoms with Crippen molar-refractivity contribution in [3.05, 3.63) is 59.4 Å². The average Bonchev–Trinajstić information content (AvgIpc) is 2.70. The van der Waals surface area contributed by atoms with E-state index in [-0.39, 0.29) is 23.7 Å². The lowest BCUT2D eigenvalue weighted by Gasteiger charge is -2.27. The molecule has 5 heteroatoms. The maximum atomic E-state index is 12.6. The standard InChI is InChI=1S/C22H27N3O2/c1-15-5-3-7-20(16(15)2)25-22(27)19-10-8-18(9-11-19)21(26)24-14-17-6-4-12-23-13-17/h3-7,12-13,18-19H,8-11,14H2,1-2H3,(H,24,26)(H,25,27). The number of carbonyl (C=O) groups excluding carboxylic acids is 2.